The van der Waals surface area contributed by atoms with E-state index in [1.54, 1.807) is 0 Å². The first-order valence-electron chi connectivity index (χ1n) is 8.37. The molecule has 0 aromatic carbocycles. The highest BCUT2D eigenvalue weighted by Gasteiger charge is 2.50. The summed E-state index contributed by atoms with van der Waals surface area (Å²) in [4.78, 5) is 11.8. The number of hydrogen-bond donors (Lipinski definition) is 2. The monoisotopic (exact) mass is 289 g/mol. The quantitative estimate of drug-likeness (QED) is 0.605. The molecule has 4 heteroatoms. The standard InChI is InChI=1S/C17H27N3O/c1-17(2)13-9-8-12(15(17)10-13)11-18-20-16(21)19-14-6-4-3-5-7-14/h8,11,13-15H,3-7,9-10H2,1-2H3,(H2,19,20,21)/b18-11-/t13-,15+/m1/s1. The van der Waals surface area contributed by atoms with Crippen molar-refractivity contribution >= 4 is 12.2 Å². The lowest BCUT2D eigenvalue weighted by Gasteiger charge is -2.55. The van der Waals surface area contributed by atoms with Gasteiger partial charge in [0.05, 0.1) is 6.21 Å². The molecular formula is C17H27N3O. The van der Waals surface area contributed by atoms with Crippen molar-refractivity contribution in [1.29, 1.82) is 0 Å². The third kappa shape index (κ3) is 2.99. The van der Waals surface area contributed by atoms with Crippen LogP contribution in [-0.4, -0.2) is 18.3 Å². The highest BCUT2D eigenvalue weighted by molar-refractivity contribution is 5.82. The molecule has 0 spiro atoms. The minimum absolute atomic E-state index is 0.166. The molecule has 2 saturated carbocycles. The zero-order valence-corrected chi connectivity index (χ0v) is 13.2. The highest BCUT2D eigenvalue weighted by atomic mass is 16.2. The van der Waals surface area contributed by atoms with Crippen molar-refractivity contribution in [3.63, 3.8) is 0 Å². The SMILES string of the molecule is CC1(C)[C@@H]2CC=C(/C=N\NC(=O)NC3CCCCC3)[C@@H]1C2. The Morgan fingerprint density at radius 1 is 1.33 bits per heavy atom. The molecule has 2 atom stereocenters. The second-order valence-electron chi connectivity index (χ2n) is 7.42. The summed E-state index contributed by atoms with van der Waals surface area (Å²) in [6, 6.07) is 0.162. The van der Waals surface area contributed by atoms with E-state index in [0.29, 0.717) is 17.4 Å². The zero-order valence-electron chi connectivity index (χ0n) is 13.2. The Morgan fingerprint density at radius 3 is 2.76 bits per heavy atom. The number of hydrazone groups is 1. The Morgan fingerprint density at radius 2 is 2.10 bits per heavy atom. The van der Waals surface area contributed by atoms with Crippen LogP contribution < -0.4 is 10.7 Å². The van der Waals surface area contributed by atoms with E-state index >= 15 is 0 Å². The van der Waals surface area contributed by atoms with E-state index in [-0.39, 0.29) is 6.03 Å². The van der Waals surface area contributed by atoms with Crippen molar-refractivity contribution in [2.75, 3.05) is 0 Å². The molecule has 21 heavy (non-hydrogen) atoms. The van der Waals surface area contributed by atoms with Gasteiger partial charge in [0.2, 0.25) is 0 Å². The van der Waals surface area contributed by atoms with Gasteiger partial charge >= 0.3 is 6.03 Å². The van der Waals surface area contributed by atoms with Crippen molar-refractivity contribution in [2.45, 2.75) is 64.8 Å². The molecule has 0 aliphatic heterocycles. The van der Waals surface area contributed by atoms with E-state index in [9.17, 15) is 4.79 Å². The van der Waals surface area contributed by atoms with Gasteiger partial charge in [-0.1, -0.05) is 39.2 Å². The number of hydrogen-bond acceptors (Lipinski definition) is 2. The number of carbonyl (C=O) groups excluding carboxylic acids is 1. The van der Waals surface area contributed by atoms with Crippen LogP contribution in [0.2, 0.25) is 0 Å². The number of allylic oxidation sites excluding steroid dienone is 2. The van der Waals surface area contributed by atoms with Gasteiger partial charge in [0.15, 0.2) is 0 Å². The van der Waals surface area contributed by atoms with Gasteiger partial charge in [-0.05, 0) is 48.5 Å². The van der Waals surface area contributed by atoms with Crippen LogP contribution in [0.5, 0.6) is 0 Å². The van der Waals surface area contributed by atoms with Gasteiger partial charge < -0.3 is 5.32 Å². The van der Waals surface area contributed by atoms with Crippen LogP contribution in [0.4, 0.5) is 4.79 Å². The maximum Gasteiger partial charge on any atom is 0.335 e. The lowest BCUT2D eigenvalue weighted by molar-refractivity contribution is -0.00126. The Balaban J connectivity index is 1.46. The summed E-state index contributed by atoms with van der Waals surface area (Å²) in [6.45, 7) is 4.69. The maximum atomic E-state index is 11.8. The summed E-state index contributed by atoms with van der Waals surface area (Å²) in [5.41, 5.74) is 4.32. The minimum Gasteiger partial charge on any atom is -0.334 e. The maximum absolute atomic E-state index is 11.8. The second-order valence-corrected chi connectivity index (χ2v) is 7.42. The predicted molar refractivity (Wildman–Crippen MR) is 85.1 cm³/mol. The van der Waals surface area contributed by atoms with Crippen LogP contribution >= 0.6 is 0 Å². The molecule has 2 fully saturated rings. The molecule has 2 N–H and O–H groups in total. The largest absolute Gasteiger partial charge is 0.335 e. The molecule has 2 bridgehead atoms. The molecule has 4 nitrogen and oxygen atoms in total. The Bertz CT molecular complexity index is 461. The molecule has 0 aromatic heterocycles. The Labute approximate surface area is 127 Å². The van der Waals surface area contributed by atoms with Crippen LogP contribution in [-0.2, 0) is 0 Å². The molecule has 0 saturated heterocycles. The van der Waals surface area contributed by atoms with Crippen molar-refractivity contribution in [2.24, 2.45) is 22.4 Å². The molecule has 4 aliphatic carbocycles. The first-order valence-corrected chi connectivity index (χ1v) is 8.37. The minimum atomic E-state index is -0.166. The smallest absolute Gasteiger partial charge is 0.334 e. The van der Waals surface area contributed by atoms with E-state index in [0.717, 1.165) is 25.2 Å². The van der Waals surface area contributed by atoms with Gasteiger partial charge in [0.1, 0.15) is 0 Å². The summed E-state index contributed by atoms with van der Waals surface area (Å²) in [5.74, 6) is 1.45. The molecule has 0 radical (unpaired) electrons. The number of carbonyl (C=O) groups is 1. The molecule has 0 heterocycles. The lowest BCUT2D eigenvalue weighted by Crippen LogP contribution is -2.48. The molecule has 4 rings (SSSR count). The average molecular weight is 289 g/mol. The third-order valence-electron chi connectivity index (χ3n) is 5.83. The summed E-state index contributed by atoms with van der Waals surface area (Å²) >= 11 is 0. The number of rotatable bonds is 3. The average Bonchev–Trinajstić information content (AvgIpc) is 2.48. The molecular weight excluding hydrogens is 262 g/mol. The number of nitrogens with zero attached hydrogens (tertiary/aromatic N) is 1. The van der Waals surface area contributed by atoms with E-state index in [2.05, 4.69) is 35.8 Å². The van der Waals surface area contributed by atoms with Gasteiger partial charge in [-0.15, -0.1) is 0 Å². The van der Waals surface area contributed by atoms with Gasteiger partial charge in [0, 0.05) is 6.04 Å². The van der Waals surface area contributed by atoms with Crippen molar-refractivity contribution < 1.29 is 4.79 Å². The van der Waals surface area contributed by atoms with Crippen LogP contribution in [0.1, 0.15) is 58.8 Å². The number of amides is 2. The fraction of sp³-hybridized carbons (Fsp3) is 0.765. The number of nitrogens with one attached hydrogen (secondary N) is 2. The van der Waals surface area contributed by atoms with Gasteiger partial charge in [-0.2, -0.15) is 5.10 Å². The fourth-order valence-corrected chi connectivity index (χ4v) is 4.17. The van der Waals surface area contributed by atoms with Crippen molar-refractivity contribution in [3.8, 4) is 0 Å². The Hall–Kier alpha value is -1.32. The third-order valence-corrected chi connectivity index (χ3v) is 5.83. The number of fused-ring (bicyclic) bond motifs is 1. The van der Waals surface area contributed by atoms with Crippen LogP contribution in [0.25, 0.3) is 0 Å². The summed E-state index contributed by atoms with van der Waals surface area (Å²) in [6.07, 6.45) is 12.5. The van der Waals surface area contributed by atoms with E-state index in [4.69, 9.17) is 0 Å². The van der Waals surface area contributed by atoms with Crippen LogP contribution in [0.15, 0.2) is 16.8 Å². The van der Waals surface area contributed by atoms with Gasteiger partial charge in [-0.25, -0.2) is 10.2 Å². The van der Waals surface area contributed by atoms with E-state index < -0.39 is 0 Å². The summed E-state index contributed by atoms with van der Waals surface area (Å²) < 4.78 is 0. The summed E-state index contributed by atoms with van der Waals surface area (Å²) in [7, 11) is 0. The normalized spacial score (nSPS) is 31.4. The van der Waals surface area contributed by atoms with Gasteiger partial charge in [-0.3, -0.25) is 0 Å². The van der Waals surface area contributed by atoms with Crippen molar-refractivity contribution in [3.05, 3.63) is 11.6 Å². The number of urea groups is 1. The zero-order chi connectivity index (χ0) is 14.9. The first-order chi connectivity index (χ1) is 10.1. The predicted octanol–water partition coefficient (Wildman–Crippen LogP) is 3.60. The molecule has 2 amide bonds. The molecule has 116 valence electrons. The topological polar surface area (TPSA) is 53.5 Å². The van der Waals surface area contributed by atoms with E-state index in [1.165, 1.54) is 31.3 Å². The first kappa shape index (κ1) is 14.6. The highest BCUT2D eigenvalue weighted by Crippen LogP contribution is 2.58. The second kappa shape index (κ2) is 5.82. The Kier molecular flexibility index (Phi) is 4.05. The molecule has 0 unspecified atom stereocenters. The van der Waals surface area contributed by atoms with Crippen LogP contribution in [0.3, 0.4) is 0 Å². The fourth-order valence-electron chi connectivity index (χ4n) is 4.17. The molecule has 4 aliphatic rings. The van der Waals surface area contributed by atoms with E-state index in [1.807, 2.05) is 6.21 Å². The summed E-state index contributed by atoms with van der Waals surface area (Å²) in [5, 5.41) is 7.16. The van der Waals surface area contributed by atoms with Gasteiger partial charge in [0.25, 0.3) is 0 Å². The molecule has 0 aromatic rings. The van der Waals surface area contributed by atoms with Crippen LogP contribution in [0, 0.1) is 17.3 Å². The lowest BCUT2D eigenvalue weighted by atomic mass is 9.49. The van der Waals surface area contributed by atoms with Crippen molar-refractivity contribution in [1.82, 2.24) is 10.7 Å².